The zero-order chi connectivity index (χ0) is 13.5. The zero-order valence-electron chi connectivity index (χ0n) is 11.7. The third kappa shape index (κ3) is 5.23. The second kappa shape index (κ2) is 7.59. The lowest BCUT2D eigenvalue weighted by Crippen LogP contribution is -2.17. The number of nitrogens with zero attached hydrogens (tertiary/aromatic N) is 1. The van der Waals surface area contributed by atoms with Gasteiger partial charge in [0.05, 0.1) is 16.8 Å². The quantitative estimate of drug-likeness (QED) is 0.821. The van der Waals surface area contributed by atoms with E-state index in [4.69, 9.17) is 16.3 Å². The smallest absolute Gasteiger partial charge is 0.213 e. The number of hydrogen-bond acceptors (Lipinski definition) is 3. The first-order chi connectivity index (χ1) is 8.52. The molecule has 0 spiro atoms. The van der Waals surface area contributed by atoms with E-state index in [1.54, 1.807) is 0 Å². The average Bonchev–Trinajstić information content (AvgIpc) is 2.28. The summed E-state index contributed by atoms with van der Waals surface area (Å²) in [5.41, 5.74) is 0.841. The Morgan fingerprint density at radius 3 is 2.67 bits per heavy atom. The van der Waals surface area contributed by atoms with Gasteiger partial charge in [-0.2, -0.15) is 0 Å². The van der Waals surface area contributed by atoms with Crippen molar-refractivity contribution in [2.45, 2.75) is 46.8 Å². The fourth-order valence-electron chi connectivity index (χ4n) is 1.82. The van der Waals surface area contributed by atoms with Crippen LogP contribution in [0, 0.1) is 5.92 Å². The van der Waals surface area contributed by atoms with Crippen molar-refractivity contribution in [3.8, 4) is 5.88 Å². The van der Waals surface area contributed by atoms with Crippen LogP contribution in [0.3, 0.4) is 0 Å². The van der Waals surface area contributed by atoms with E-state index < -0.39 is 0 Å². The van der Waals surface area contributed by atoms with Gasteiger partial charge in [0.1, 0.15) is 0 Å². The number of ether oxygens (including phenoxy) is 1. The van der Waals surface area contributed by atoms with E-state index in [1.165, 1.54) is 0 Å². The summed E-state index contributed by atoms with van der Waals surface area (Å²) in [6.45, 7) is 10.1. The van der Waals surface area contributed by atoms with E-state index in [1.807, 2.05) is 12.1 Å². The highest BCUT2D eigenvalue weighted by molar-refractivity contribution is 6.31. The van der Waals surface area contributed by atoms with Crippen molar-refractivity contribution < 1.29 is 4.74 Å². The molecule has 0 fully saturated rings. The molecule has 0 saturated carbocycles. The molecular formula is C14H23ClN2O. The topological polar surface area (TPSA) is 34.2 Å². The Kier molecular flexibility index (Phi) is 6.44. The molecule has 18 heavy (non-hydrogen) atoms. The maximum Gasteiger partial charge on any atom is 0.213 e. The van der Waals surface area contributed by atoms with Crippen LogP contribution in [0.5, 0.6) is 5.88 Å². The van der Waals surface area contributed by atoms with Crippen LogP contribution in [-0.4, -0.2) is 17.6 Å². The molecular weight excluding hydrogens is 248 g/mol. The monoisotopic (exact) mass is 270 g/mol. The minimum absolute atomic E-state index is 0.172. The van der Waals surface area contributed by atoms with Crippen molar-refractivity contribution in [3.05, 3.63) is 22.8 Å². The van der Waals surface area contributed by atoms with Crippen LogP contribution < -0.4 is 10.1 Å². The summed E-state index contributed by atoms with van der Waals surface area (Å²) in [4.78, 5) is 4.44. The van der Waals surface area contributed by atoms with Gasteiger partial charge in [0, 0.05) is 12.6 Å². The number of rotatable bonds is 7. The molecule has 1 heterocycles. The van der Waals surface area contributed by atoms with E-state index in [0.717, 1.165) is 18.7 Å². The summed E-state index contributed by atoms with van der Waals surface area (Å²) in [6, 6.07) is 3.67. The van der Waals surface area contributed by atoms with Gasteiger partial charge in [-0.15, -0.1) is 0 Å². The van der Waals surface area contributed by atoms with Gasteiger partial charge in [0.2, 0.25) is 5.88 Å². The van der Waals surface area contributed by atoms with Crippen LogP contribution in [0.2, 0.25) is 5.02 Å². The molecule has 0 radical (unpaired) electrons. The van der Waals surface area contributed by atoms with Crippen LogP contribution in [0.4, 0.5) is 0 Å². The minimum Gasteiger partial charge on any atom is -0.475 e. The molecule has 1 rings (SSSR count). The summed E-state index contributed by atoms with van der Waals surface area (Å²) in [5.74, 6) is 1.27. The third-order valence-electron chi connectivity index (χ3n) is 2.56. The average molecular weight is 271 g/mol. The molecule has 102 valence electrons. The van der Waals surface area contributed by atoms with Crippen LogP contribution >= 0.6 is 11.6 Å². The highest BCUT2D eigenvalue weighted by Crippen LogP contribution is 2.20. The van der Waals surface area contributed by atoms with Crippen molar-refractivity contribution in [2.24, 2.45) is 5.92 Å². The van der Waals surface area contributed by atoms with Crippen molar-refractivity contribution in [2.75, 3.05) is 6.54 Å². The van der Waals surface area contributed by atoms with E-state index in [2.05, 4.69) is 38.0 Å². The third-order valence-corrected chi connectivity index (χ3v) is 2.90. The van der Waals surface area contributed by atoms with Crippen LogP contribution in [0.1, 0.15) is 39.8 Å². The largest absolute Gasteiger partial charge is 0.475 e. The predicted molar refractivity (Wildman–Crippen MR) is 76.2 cm³/mol. The van der Waals surface area contributed by atoms with Crippen LogP contribution in [-0.2, 0) is 6.54 Å². The first kappa shape index (κ1) is 15.3. The van der Waals surface area contributed by atoms with Crippen molar-refractivity contribution in [3.63, 3.8) is 0 Å². The van der Waals surface area contributed by atoms with E-state index in [0.29, 0.717) is 23.4 Å². The molecule has 0 aromatic carbocycles. The van der Waals surface area contributed by atoms with E-state index in [9.17, 15) is 0 Å². The fraction of sp³-hybridized carbons (Fsp3) is 0.643. The van der Waals surface area contributed by atoms with E-state index in [-0.39, 0.29) is 6.10 Å². The number of aromatic nitrogens is 1. The molecule has 0 bridgehead atoms. The summed E-state index contributed by atoms with van der Waals surface area (Å²) in [6.07, 6.45) is 1.19. The standard InChI is InChI=1S/C14H23ClN2O/c1-5-16-9-13-12(15)6-7-14(17-13)18-11(4)8-10(2)3/h6-7,10-11,16H,5,8-9H2,1-4H3. The molecule has 1 aromatic rings. The lowest BCUT2D eigenvalue weighted by molar-refractivity contribution is 0.185. The SMILES string of the molecule is CCNCc1nc(OC(C)CC(C)C)ccc1Cl. The summed E-state index contributed by atoms with van der Waals surface area (Å²) in [5, 5.41) is 3.90. The molecule has 0 aliphatic heterocycles. The first-order valence-electron chi connectivity index (χ1n) is 6.55. The first-order valence-corrected chi connectivity index (χ1v) is 6.93. The molecule has 1 unspecified atom stereocenters. The molecule has 3 nitrogen and oxygen atoms in total. The lowest BCUT2D eigenvalue weighted by Gasteiger charge is -2.16. The number of halogens is 1. The Balaban J connectivity index is 2.66. The molecule has 0 amide bonds. The molecule has 0 aliphatic rings. The normalized spacial score (nSPS) is 12.8. The van der Waals surface area contributed by atoms with Gasteiger partial charge in [-0.25, -0.2) is 4.98 Å². The van der Waals surface area contributed by atoms with Gasteiger partial charge in [-0.1, -0.05) is 32.4 Å². The Morgan fingerprint density at radius 2 is 2.06 bits per heavy atom. The number of pyridine rings is 1. The van der Waals surface area contributed by atoms with Gasteiger partial charge in [-0.05, 0) is 31.9 Å². The molecule has 1 aromatic heterocycles. The molecule has 0 saturated heterocycles. The second-order valence-corrected chi connectivity index (χ2v) is 5.32. The Morgan fingerprint density at radius 1 is 1.33 bits per heavy atom. The summed E-state index contributed by atoms with van der Waals surface area (Å²) >= 11 is 6.09. The van der Waals surface area contributed by atoms with Crippen molar-refractivity contribution in [1.29, 1.82) is 0 Å². The summed E-state index contributed by atoms with van der Waals surface area (Å²) < 4.78 is 5.80. The number of hydrogen-bond donors (Lipinski definition) is 1. The van der Waals surface area contributed by atoms with E-state index >= 15 is 0 Å². The van der Waals surface area contributed by atoms with Gasteiger partial charge in [0.15, 0.2) is 0 Å². The van der Waals surface area contributed by atoms with Gasteiger partial charge in [0.25, 0.3) is 0 Å². The van der Waals surface area contributed by atoms with Crippen LogP contribution in [0.15, 0.2) is 12.1 Å². The zero-order valence-corrected chi connectivity index (χ0v) is 12.4. The Labute approximate surface area is 115 Å². The molecule has 0 aliphatic carbocycles. The lowest BCUT2D eigenvalue weighted by atomic mass is 10.1. The van der Waals surface area contributed by atoms with Crippen LogP contribution in [0.25, 0.3) is 0 Å². The van der Waals surface area contributed by atoms with Crippen molar-refractivity contribution in [1.82, 2.24) is 10.3 Å². The fourth-order valence-corrected chi connectivity index (χ4v) is 1.99. The highest BCUT2D eigenvalue weighted by Gasteiger charge is 2.09. The molecule has 1 atom stereocenters. The maximum atomic E-state index is 6.09. The van der Waals surface area contributed by atoms with Gasteiger partial charge < -0.3 is 10.1 Å². The van der Waals surface area contributed by atoms with Gasteiger partial charge in [-0.3, -0.25) is 0 Å². The molecule has 1 N–H and O–H groups in total. The Hall–Kier alpha value is -0.800. The van der Waals surface area contributed by atoms with Crippen molar-refractivity contribution >= 4 is 11.6 Å². The predicted octanol–water partition coefficient (Wildman–Crippen LogP) is 3.66. The summed E-state index contributed by atoms with van der Waals surface area (Å²) in [7, 11) is 0. The van der Waals surface area contributed by atoms with Gasteiger partial charge >= 0.3 is 0 Å². The molecule has 4 heteroatoms. The number of nitrogens with one attached hydrogen (secondary N) is 1. The Bertz CT molecular complexity index is 369. The highest BCUT2D eigenvalue weighted by atomic mass is 35.5. The second-order valence-electron chi connectivity index (χ2n) is 4.92. The maximum absolute atomic E-state index is 6.09. The minimum atomic E-state index is 0.172.